The second-order valence-corrected chi connectivity index (χ2v) is 10.1. The number of rotatable bonds is 6. The van der Waals surface area contributed by atoms with Gasteiger partial charge in [-0.2, -0.15) is 4.98 Å². The van der Waals surface area contributed by atoms with E-state index < -0.39 is 0 Å². The van der Waals surface area contributed by atoms with E-state index in [1.165, 1.54) is 18.4 Å². The number of nitrogens with one attached hydrogen (secondary N) is 1. The minimum absolute atomic E-state index is 0.0809. The van der Waals surface area contributed by atoms with Crippen molar-refractivity contribution >= 4 is 28.6 Å². The molecule has 0 amide bonds. The van der Waals surface area contributed by atoms with E-state index in [1.54, 1.807) is 14.2 Å². The lowest BCUT2D eigenvalue weighted by molar-refractivity contribution is 0.209. The number of hydrogen-bond acceptors (Lipinski definition) is 7. The highest BCUT2D eigenvalue weighted by Crippen LogP contribution is 2.38. The van der Waals surface area contributed by atoms with Crippen LogP contribution in [0.25, 0.3) is 10.9 Å². The Morgan fingerprint density at radius 2 is 1.59 bits per heavy atom. The standard InChI is InChI=1S/C28H37N7O2/c1-33(27-31-22-18-24(37-3)23(36-2)17-21(22)25(29)32-27)19-28(20-9-5-4-6-10-20)11-15-35(16-12-28)26(30)34-13-7-8-14-34/h4-6,9-10,17-18,30H,7-8,11-16,19H2,1-3H3,(H2,29,31,32). The van der Waals surface area contributed by atoms with Crippen LogP contribution in [0.2, 0.25) is 0 Å². The van der Waals surface area contributed by atoms with Gasteiger partial charge >= 0.3 is 0 Å². The Morgan fingerprint density at radius 1 is 0.973 bits per heavy atom. The van der Waals surface area contributed by atoms with Crippen molar-refractivity contribution in [2.45, 2.75) is 31.1 Å². The average Bonchev–Trinajstić information content (AvgIpc) is 3.48. The first-order valence-corrected chi connectivity index (χ1v) is 13.0. The molecule has 0 radical (unpaired) electrons. The number of anilines is 2. The maximum absolute atomic E-state index is 8.74. The molecule has 3 aromatic rings. The molecule has 2 aromatic carbocycles. The van der Waals surface area contributed by atoms with Gasteiger partial charge < -0.3 is 29.9 Å². The van der Waals surface area contributed by atoms with E-state index in [0.717, 1.165) is 56.5 Å². The lowest BCUT2D eigenvalue weighted by Gasteiger charge is -2.45. The largest absolute Gasteiger partial charge is 0.493 e. The van der Waals surface area contributed by atoms with E-state index in [2.05, 4.69) is 50.0 Å². The SMILES string of the molecule is COc1cc2nc(N(C)CC3(c4ccccc4)CCN(C(=N)N4CCCC4)CC3)nc(N)c2cc1OC. The number of ether oxygens (including phenoxy) is 2. The Balaban J connectivity index is 1.42. The molecule has 0 aliphatic carbocycles. The number of nitrogen functional groups attached to an aromatic ring is 1. The van der Waals surface area contributed by atoms with Crippen LogP contribution >= 0.6 is 0 Å². The van der Waals surface area contributed by atoms with Gasteiger partial charge in [-0.05, 0) is 37.3 Å². The molecule has 1 aromatic heterocycles. The van der Waals surface area contributed by atoms with Crippen LogP contribution in [0.1, 0.15) is 31.2 Å². The van der Waals surface area contributed by atoms with Crippen LogP contribution in [0, 0.1) is 5.41 Å². The number of likely N-dealkylation sites (N-methyl/N-ethyl adjacent to an activating group) is 1. The van der Waals surface area contributed by atoms with Crippen LogP contribution in [-0.2, 0) is 5.41 Å². The van der Waals surface area contributed by atoms with Gasteiger partial charge in [-0.15, -0.1) is 0 Å². The van der Waals surface area contributed by atoms with Crippen molar-refractivity contribution in [1.82, 2.24) is 19.8 Å². The summed E-state index contributed by atoms with van der Waals surface area (Å²) in [6.45, 7) is 4.46. The molecule has 3 N–H and O–H groups in total. The van der Waals surface area contributed by atoms with Crippen LogP contribution in [0.15, 0.2) is 42.5 Å². The van der Waals surface area contributed by atoms with Gasteiger partial charge in [0.05, 0.1) is 19.7 Å². The quantitative estimate of drug-likeness (QED) is 0.387. The Hall–Kier alpha value is -3.75. The summed E-state index contributed by atoms with van der Waals surface area (Å²) in [5.74, 6) is 2.88. The van der Waals surface area contributed by atoms with Gasteiger partial charge in [0.2, 0.25) is 5.95 Å². The highest BCUT2D eigenvalue weighted by Gasteiger charge is 2.39. The molecule has 2 fully saturated rings. The van der Waals surface area contributed by atoms with Gasteiger partial charge in [0, 0.05) is 56.6 Å². The van der Waals surface area contributed by atoms with Crippen LogP contribution < -0.4 is 20.1 Å². The van der Waals surface area contributed by atoms with E-state index >= 15 is 0 Å². The number of benzene rings is 2. The maximum atomic E-state index is 8.74. The van der Waals surface area contributed by atoms with E-state index in [1.807, 2.05) is 19.2 Å². The molecule has 0 saturated carbocycles. The van der Waals surface area contributed by atoms with Crippen molar-refractivity contribution < 1.29 is 9.47 Å². The molecule has 0 spiro atoms. The Morgan fingerprint density at radius 3 is 2.24 bits per heavy atom. The summed E-state index contributed by atoms with van der Waals surface area (Å²) in [5.41, 5.74) is 8.34. The molecule has 3 heterocycles. The molecule has 5 rings (SSSR count). The first-order chi connectivity index (χ1) is 17.9. The van der Waals surface area contributed by atoms with Crippen molar-refractivity contribution in [3.8, 4) is 11.5 Å². The molecular weight excluding hydrogens is 466 g/mol. The molecule has 0 unspecified atom stereocenters. The van der Waals surface area contributed by atoms with E-state index in [4.69, 9.17) is 25.6 Å². The number of likely N-dealkylation sites (tertiary alicyclic amines) is 2. The van der Waals surface area contributed by atoms with E-state index in [0.29, 0.717) is 29.2 Å². The minimum atomic E-state index is -0.0809. The van der Waals surface area contributed by atoms with Crippen molar-refractivity contribution in [1.29, 1.82) is 5.41 Å². The van der Waals surface area contributed by atoms with Gasteiger partial charge in [-0.1, -0.05) is 30.3 Å². The Kier molecular flexibility index (Phi) is 6.95. The maximum Gasteiger partial charge on any atom is 0.227 e. The van der Waals surface area contributed by atoms with Crippen LogP contribution in [0.5, 0.6) is 11.5 Å². The summed E-state index contributed by atoms with van der Waals surface area (Å²) in [5, 5.41) is 9.48. The highest BCUT2D eigenvalue weighted by atomic mass is 16.5. The number of piperidine rings is 1. The first-order valence-electron chi connectivity index (χ1n) is 13.0. The predicted octanol–water partition coefficient (Wildman–Crippen LogP) is 3.73. The number of nitrogens with zero attached hydrogens (tertiary/aromatic N) is 5. The highest BCUT2D eigenvalue weighted by molar-refractivity contribution is 5.91. The third-order valence-electron chi connectivity index (χ3n) is 7.91. The van der Waals surface area contributed by atoms with Crippen molar-refractivity contribution in [3.05, 3.63) is 48.0 Å². The predicted molar refractivity (Wildman–Crippen MR) is 148 cm³/mol. The summed E-state index contributed by atoms with van der Waals surface area (Å²) in [7, 11) is 5.25. The molecule has 9 nitrogen and oxygen atoms in total. The van der Waals surface area contributed by atoms with Crippen molar-refractivity contribution in [3.63, 3.8) is 0 Å². The monoisotopic (exact) mass is 503 g/mol. The van der Waals surface area contributed by atoms with Gasteiger partial charge in [-0.25, -0.2) is 4.98 Å². The third-order valence-corrected chi connectivity index (χ3v) is 7.91. The third kappa shape index (κ3) is 4.82. The molecule has 2 saturated heterocycles. The molecule has 2 aliphatic heterocycles. The zero-order valence-corrected chi connectivity index (χ0v) is 22.0. The zero-order valence-electron chi connectivity index (χ0n) is 22.0. The molecule has 2 aliphatic rings. The summed E-state index contributed by atoms with van der Waals surface area (Å²) >= 11 is 0. The van der Waals surface area contributed by atoms with Crippen LogP contribution in [-0.4, -0.2) is 79.7 Å². The number of guanidine groups is 1. The first kappa shape index (κ1) is 24.9. The molecular formula is C28H37N7O2. The van der Waals surface area contributed by atoms with Crippen molar-refractivity contribution in [2.24, 2.45) is 0 Å². The van der Waals surface area contributed by atoms with Crippen molar-refractivity contribution in [2.75, 3.05) is 64.6 Å². The number of fused-ring (bicyclic) bond motifs is 1. The van der Waals surface area contributed by atoms with Crippen LogP contribution in [0.3, 0.4) is 0 Å². The molecule has 196 valence electrons. The van der Waals surface area contributed by atoms with Gasteiger partial charge in [0.15, 0.2) is 17.5 Å². The normalized spacial score (nSPS) is 17.2. The fourth-order valence-corrected chi connectivity index (χ4v) is 5.77. The molecule has 37 heavy (non-hydrogen) atoms. The number of methoxy groups -OCH3 is 2. The fourth-order valence-electron chi connectivity index (χ4n) is 5.77. The molecule has 0 bridgehead atoms. The van der Waals surface area contributed by atoms with Gasteiger partial charge in [0.1, 0.15) is 5.82 Å². The lowest BCUT2D eigenvalue weighted by atomic mass is 9.72. The summed E-state index contributed by atoms with van der Waals surface area (Å²) in [4.78, 5) is 16.1. The average molecular weight is 504 g/mol. The van der Waals surface area contributed by atoms with Crippen LogP contribution in [0.4, 0.5) is 11.8 Å². The minimum Gasteiger partial charge on any atom is -0.493 e. The second-order valence-electron chi connectivity index (χ2n) is 10.1. The molecule has 0 atom stereocenters. The number of aromatic nitrogens is 2. The van der Waals surface area contributed by atoms with E-state index in [9.17, 15) is 0 Å². The van der Waals surface area contributed by atoms with Gasteiger partial charge in [0.25, 0.3) is 0 Å². The smallest absolute Gasteiger partial charge is 0.227 e. The summed E-state index contributed by atoms with van der Waals surface area (Å²) < 4.78 is 10.9. The van der Waals surface area contributed by atoms with Gasteiger partial charge in [-0.3, -0.25) is 5.41 Å². The fraction of sp³-hybridized carbons (Fsp3) is 0.464. The topological polar surface area (TPSA) is 104 Å². The number of nitrogens with two attached hydrogens (primary N) is 1. The summed E-state index contributed by atoms with van der Waals surface area (Å²) in [6.07, 6.45) is 4.27. The summed E-state index contributed by atoms with van der Waals surface area (Å²) in [6, 6.07) is 14.4. The Labute approximate surface area is 218 Å². The van der Waals surface area contributed by atoms with E-state index in [-0.39, 0.29) is 5.41 Å². The number of hydrogen-bond donors (Lipinski definition) is 2. The molecule has 9 heteroatoms. The zero-order chi connectivity index (χ0) is 26.0. The Bertz CT molecular complexity index is 1250. The lowest BCUT2D eigenvalue weighted by Crippen LogP contribution is -2.52. The second kappa shape index (κ2) is 10.3.